The molecule has 1 amide bonds. The molecule has 10 heteroatoms. The first-order chi connectivity index (χ1) is 16.4. The number of rotatable bonds is 6. The second-order valence-corrected chi connectivity index (χ2v) is 8.50. The van der Waals surface area contributed by atoms with E-state index in [1.165, 1.54) is 18.2 Å². The Labute approximate surface area is 196 Å². The zero-order valence-corrected chi connectivity index (χ0v) is 18.5. The van der Waals surface area contributed by atoms with Crippen molar-refractivity contribution >= 4 is 40.2 Å². The first kappa shape index (κ1) is 22.0. The third kappa shape index (κ3) is 4.24. The Morgan fingerprint density at radius 1 is 0.882 bits per heavy atom. The SMILES string of the molecule is O=C(CSc1nnc2n(Cc3ccccc3)c3ccccc3n12)Nc1ccccc1C(F)(F)F. The Morgan fingerprint density at radius 3 is 2.32 bits per heavy atom. The van der Waals surface area contributed by atoms with E-state index in [2.05, 4.69) is 15.5 Å². The minimum absolute atomic E-state index is 0.120. The average molecular weight is 482 g/mol. The van der Waals surface area contributed by atoms with Crippen molar-refractivity contribution in [2.45, 2.75) is 17.9 Å². The molecule has 1 N–H and O–H groups in total. The van der Waals surface area contributed by atoms with Gasteiger partial charge in [0.05, 0.1) is 34.6 Å². The second kappa shape index (κ2) is 8.86. The van der Waals surface area contributed by atoms with Crippen molar-refractivity contribution < 1.29 is 18.0 Å². The van der Waals surface area contributed by atoms with Gasteiger partial charge < -0.3 is 9.88 Å². The summed E-state index contributed by atoms with van der Waals surface area (Å²) >= 11 is 1.11. The molecular weight excluding hydrogens is 463 g/mol. The highest BCUT2D eigenvalue weighted by Crippen LogP contribution is 2.34. The lowest BCUT2D eigenvalue weighted by atomic mass is 10.1. The topological polar surface area (TPSA) is 64.2 Å². The number of imidazole rings is 1. The molecule has 0 aliphatic heterocycles. The third-order valence-corrected chi connectivity index (χ3v) is 6.22. The summed E-state index contributed by atoms with van der Waals surface area (Å²) in [4.78, 5) is 12.5. The molecule has 5 aromatic rings. The highest BCUT2D eigenvalue weighted by Gasteiger charge is 2.33. The molecule has 172 valence electrons. The van der Waals surface area contributed by atoms with Gasteiger partial charge in [0.25, 0.3) is 0 Å². The number of carbonyl (C=O) groups is 1. The summed E-state index contributed by atoms with van der Waals surface area (Å²) < 4.78 is 43.5. The molecule has 6 nitrogen and oxygen atoms in total. The summed E-state index contributed by atoms with van der Waals surface area (Å²) in [6.45, 7) is 0.593. The Kier molecular flexibility index (Phi) is 5.74. The molecular formula is C24H18F3N5OS. The normalized spacial score (nSPS) is 11.9. The van der Waals surface area contributed by atoms with Gasteiger partial charge in [-0.1, -0.05) is 66.4 Å². The molecule has 0 fully saturated rings. The number of amides is 1. The van der Waals surface area contributed by atoms with Crippen LogP contribution in [0.1, 0.15) is 11.1 Å². The monoisotopic (exact) mass is 481 g/mol. The molecule has 0 spiro atoms. The van der Waals surface area contributed by atoms with Crippen molar-refractivity contribution in [1.29, 1.82) is 0 Å². The number of para-hydroxylation sites is 3. The molecule has 0 atom stereocenters. The quantitative estimate of drug-likeness (QED) is 0.326. The minimum Gasteiger partial charge on any atom is -0.325 e. The number of alkyl halides is 3. The van der Waals surface area contributed by atoms with E-state index in [1.807, 2.05) is 63.6 Å². The summed E-state index contributed by atoms with van der Waals surface area (Å²) in [5.41, 5.74) is 1.78. The van der Waals surface area contributed by atoms with Crippen LogP contribution in [0.3, 0.4) is 0 Å². The largest absolute Gasteiger partial charge is 0.418 e. The number of hydrogen-bond donors (Lipinski definition) is 1. The maximum atomic E-state index is 13.2. The summed E-state index contributed by atoms with van der Waals surface area (Å²) in [6.07, 6.45) is -4.56. The highest BCUT2D eigenvalue weighted by atomic mass is 32.2. The lowest BCUT2D eigenvalue weighted by molar-refractivity contribution is -0.137. The van der Waals surface area contributed by atoms with Crippen LogP contribution in [0.25, 0.3) is 16.8 Å². The van der Waals surface area contributed by atoms with E-state index in [9.17, 15) is 18.0 Å². The Bertz CT molecular complexity index is 1480. The minimum atomic E-state index is -4.56. The average Bonchev–Trinajstić information content (AvgIpc) is 3.37. The van der Waals surface area contributed by atoms with Gasteiger partial charge in [0.1, 0.15) is 0 Å². The van der Waals surface area contributed by atoms with E-state index in [-0.39, 0.29) is 11.4 Å². The second-order valence-electron chi connectivity index (χ2n) is 7.56. The predicted octanol–water partition coefficient (Wildman–Crippen LogP) is 5.48. The molecule has 2 aromatic heterocycles. The maximum absolute atomic E-state index is 13.2. The van der Waals surface area contributed by atoms with Gasteiger partial charge in [0.15, 0.2) is 5.16 Å². The van der Waals surface area contributed by atoms with Crippen LogP contribution in [0, 0.1) is 0 Å². The zero-order chi connectivity index (χ0) is 23.7. The van der Waals surface area contributed by atoms with Crippen LogP contribution in [0.5, 0.6) is 0 Å². The molecule has 3 aromatic carbocycles. The van der Waals surface area contributed by atoms with Crippen molar-refractivity contribution in [2.75, 3.05) is 11.1 Å². The maximum Gasteiger partial charge on any atom is 0.418 e. The molecule has 0 bridgehead atoms. The van der Waals surface area contributed by atoms with Crippen molar-refractivity contribution in [1.82, 2.24) is 19.2 Å². The molecule has 0 aliphatic rings. The zero-order valence-electron chi connectivity index (χ0n) is 17.7. The van der Waals surface area contributed by atoms with Gasteiger partial charge in [-0.25, -0.2) is 0 Å². The van der Waals surface area contributed by atoms with Crippen molar-refractivity contribution in [3.63, 3.8) is 0 Å². The number of hydrogen-bond acceptors (Lipinski definition) is 4. The van der Waals surface area contributed by atoms with Crippen LogP contribution >= 0.6 is 11.8 Å². The number of anilines is 1. The van der Waals surface area contributed by atoms with E-state index in [0.717, 1.165) is 34.4 Å². The third-order valence-electron chi connectivity index (χ3n) is 5.29. The van der Waals surface area contributed by atoms with Crippen molar-refractivity contribution in [3.05, 3.63) is 90.0 Å². The van der Waals surface area contributed by atoms with Crippen LogP contribution in [0.4, 0.5) is 18.9 Å². The number of nitrogens with zero attached hydrogens (tertiary/aromatic N) is 4. The molecule has 0 saturated heterocycles. The predicted molar refractivity (Wildman–Crippen MR) is 125 cm³/mol. The summed E-state index contributed by atoms with van der Waals surface area (Å²) in [6, 6.07) is 22.6. The fourth-order valence-corrected chi connectivity index (χ4v) is 4.55. The number of fused-ring (bicyclic) bond motifs is 3. The molecule has 0 saturated carbocycles. The summed E-state index contributed by atoms with van der Waals surface area (Å²) in [5.74, 6) is -0.0626. The summed E-state index contributed by atoms with van der Waals surface area (Å²) in [7, 11) is 0. The molecule has 2 heterocycles. The van der Waals surface area contributed by atoms with Crippen LogP contribution < -0.4 is 5.32 Å². The molecule has 34 heavy (non-hydrogen) atoms. The van der Waals surface area contributed by atoms with E-state index < -0.39 is 17.6 Å². The van der Waals surface area contributed by atoms with Gasteiger partial charge in [0.2, 0.25) is 11.7 Å². The lowest BCUT2D eigenvalue weighted by Crippen LogP contribution is -2.18. The fourth-order valence-electron chi connectivity index (χ4n) is 3.81. The van der Waals surface area contributed by atoms with Gasteiger partial charge in [0, 0.05) is 0 Å². The molecule has 5 rings (SSSR count). The summed E-state index contributed by atoms with van der Waals surface area (Å²) in [5, 5.41) is 11.4. The number of carbonyl (C=O) groups excluding carboxylic acids is 1. The van der Waals surface area contributed by atoms with E-state index in [4.69, 9.17) is 0 Å². The van der Waals surface area contributed by atoms with Crippen LogP contribution in [0.2, 0.25) is 0 Å². The van der Waals surface area contributed by atoms with E-state index >= 15 is 0 Å². The molecule has 0 radical (unpaired) electrons. The van der Waals surface area contributed by atoms with Crippen LogP contribution in [-0.2, 0) is 17.5 Å². The Hall–Kier alpha value is -3.79. The highest BCUT2D eigenvalue weighted by molar-refractivity contribution is 7.99. The first-order valence-electron chi connectivity index (χ1n) is 10.4. The van der Waals surface area contributed by atoms with Crippen molar-refractivity contribution in [3.8, 4) is 0 Å². The van der Waals surface area contributed by atoms with Crippen molar-refractivity contribution in [2.24, 2.45) is 0 Å². The number of thioether (sulfide) groups is 1. The number of nitrogens with one attached hydrogen (secondary N) is 1. The van der Waals surface area contributed by atoms with Gasteiger partial charge in [-0.3, -0.25) is 9.20 Å². The lowest BCUT2D eigenvalue weighted by Gasteiger charge is -2.13. The Morgan fingerprint density at radius 2 is 1.56 bits per heavy atom. The molecule has 0 unspecified atom stereocenters. The first-order valence-corrected chi connectivity index (χ1v) is 11.4. The Balaban J connectivity index is 1.41. The van der Waals surface area contributed by atoms with Crippen LogP contribution in [0.15, 0.2) is 84.0 Å². The van der Waals surface area contributed by atoms with Gasteiger partial charge in [-0.05, 0) is 29.8 Å². The standard InChI is InChI=1S/C24H18F3N5OS/c25-24(26,27)17-10-4-5-11-18(17)28-21(33)15-34-23-30-29-22-31(14-16-8-2-1-3-9-16)19-12-6-7-13-20(19)32(22)23/h1-13H,14-15H2,(H,28,33). The number of benzene rings is 3. The van der Waals surface area contributed by atoms with Gasteiger partial charge in [-0.2, -0.15) is 13.2 Å². The number of halogens is 3. The van der Waals surface area contributed by atoms with Crippen LogP contribution in [-0.4, -0.2) is 30.8 Å². The fraction of sp³-hybridized carbons (Fsp3) is 0.125. The number of aromatic nitrogens is 4. The van der Waals surface area contributed by atoms with Gasteiger partial charge >= 0.3 is 6.18 Å². The van der Waals surface area contributed by atoms with E-state index in [1.54, 1.807) is 0 Å². The van der Waals surface area contributed by atoms with Gasteiger partial charge in [-0.15, -0.1) is 10.2 Å². The molecule has 0 aliphatic carbocycles. The van der Waals surface area contributed by atoms with E-state index in [0.29, 0.717) is 17.5 Å². The smallest absolute Gasteiger partial charge is 0.325 e.